The molecule has 1 saturated heterocycles. The largest absolute Gasteiger partial charge is 0.375 e. The Hall–Kier alpha value is -1.76. The zero-order valence-electron chi connectivity index (χ0n) is 15.9. The van der Waals surface area contributed by atoms with Gasteiger partial charge in [-0.1, -0.05) is 30.3 Å². The highest BCUT2D eigenvalue weighted by atomic mass is 32.2. The van der Waals surface area contributed by atoms with E-state index >= 15 is 0 Å². The first kappa shape index (κ1) is 20.0. The van der Waals surface area contributed by atoms with Crippen LogP contribution in [0.3, 0.4) is 0 Å². The van der Waals surface area contributed by atoms with Gasteiger partial charge in [0.25, 0.3) is 0 Å². The Kier molecular flexibility index (Phi) is 5.70. The van der Waals surface area contributed by atoms with Gasteiger partial charge < -0.3 is 4.74 Å². The molecular weight excluding hydrogens is 365 g/mol. The minimum atomic E-state index is -3.80. The molecule has 146 valence electrons. The summed E-state index contributed by atoms with van der Waals surface area (Å²) in [6.45, 7) is 6.37. The molecule has 6 heteroatoms. The van der Waals surface area contributed by atoms with Crippen LogP contribution in [0.25, 0.3) is 0 Å². The number of rotatable bonds is 5. The second-order valence-corrected chi connectivity index (χ2v) is 9.47. The molecule has 1 fully saturated rings. The molecule has 2 aromatic carbocycles. The van der Waals surface area contributed by atoms with E-state index in [1.54, 1.807) is 4.31 Å². The maximum atomic E-state index is 13.5. The highest BCUT2D eigenvalue weighted by molar-refractivity contribution is 7.89. The molecule has 27 heavy (non-hydrogen) atoms. The Morgan fingerprint density at radius 1 is 1.11 bits per heavy atom. The zero-order chi connectivity index (χ0) is 19.7. The molecule has 1 heterocycles. The summed E-state index contributed by atoms with van der Waals surface area (Å²) in [5.41, 5.74) is 0.531. The SMILES string of the molecule is CC(c1ccccc1)N(C1CCOC(C)(C)C1)S(=O)(=O)c1ccc(F)cc1. The van der Waals surface area contributed by atoms with Crippen molar-refractivity contribution in [2.45, 2.75) is 56.2 Å². The summed E-state index contributed by atoms with van der Waals surface area (Å²) in [4.78, 5) is 0.107. The van der Waals surface area contributed by atoms with Crippen LogP contribution in [0.15, 0.2) is 59.5 Å². The summed E-state index contributed by atoms with van der Waals surface area (Å²) in [6, 6.07) is 14.1. The van der Waals surface area contributed by atoms with Gasteiger partial charge in [0.15, 0.2) is 0 Å². The van der Waals surface area contributed by atoms with Gasteiger partial charge in [-0.2, -0.15) is 4.31 Å². The molecule has 0 aromatic heterocycles. The van der Waals surface area contributed by atoms with Gasteiger partial charge in [-0.15, -0.1) is 0 Å². The number of halogens is 1. The average Bonchev–Trinajstić information content (AvgIpc) is 2.62. The lowest BCUT2D eigenvalue weighted by Gasteiger charge is -2.43. The predicted octanol–water partition coefficient (Wildman–Crippen LogP) is 4.54. The number of benzene rings is 2. The highest BCUT2D eigenvalue weighted by Gasteiger charge is 2.41. The number of hydrogen-bond acceptors (Lipinski definition) is 3. The van der Waals surface area contributed by atoms with Crippen molar-refractivity contribution in [1.82, 2.24) is 4.31 Å². The van der Waals surface area contributed by atoms with E-state index in [1.165, 1.54) is 24.3 Å². The maximum Gasteiger partial charge on any atom is 0.243 e. The molecule has 0 amide bonds. The van der Waals surface area contributed by atoms with E-state index in [4.69, 9.17) is 4.74 Å². The maximum absolute atomic E-state index is 13.5. The van der Waals surface area contributed by atoms with Crippen molar-refractivity contribution in [3.63, 3.8) is 0 Å². The summed E-state index contributed by atoms with van der Waals surface area (Å²) in [6.07, 6.45) is 1.23. The van der Waals surface area contributed by atoms with Crippen LogP contribution in [-0.2, 0) is 14.8 Å². The second-order valence-electron chi connectivity index (χ2n) is 7.63. The molecule has 0 spiro atoms. The van der Waals surface area contributed by atoms with Crippen molar-refractivity contribution in [2.75, 3.05) is 6.61 Å². The Balaban J connectivity index is 2.05. The summed E-state index contributed by atoms with van der Waals surface area (Å²) in [5.74, 6) is -0.455. The highest BCUT2D eigenvalue weighted by Crippen LogP contribution is 2.36. The van der Waals surface area contributed by atoms with E-state index < -0.39 is 21.4 Å². The first-order chi connectivity index (χ1) is 12.7. The lowest BCUT2D eigenvalue weighted by Crippen LogP contribution is -2.49. The monoisotopic (exact) mass is 391 g/mol. The van der Waals surface area contributed by atoms with E-state index in [2.05, 4.69) is 0 Å². The molecule has 1 aliphatic heterocycles. The lowest BCUT2D eigenvalue weighted by molar-refractivity contribution is -0.0758. The van der Waals surface area contributed by atoms with Crippen LogP contribution in [0.2, 0.25) is 0 Å². The fourth-order valence-corrected chi connectivity index (χ4v) is 5.58. The summed E-state index contributed by atoms with van der Waals surface area (Å²) < 4.78 is 47.8. The summed E-state index contributed by atoms with van der Waals surface area (Å²) >= 11 is 0. The standard InChI is InChI=1S/C21H26FNO3S/c1-16(17-7-5-4-6-8-17)23(19-13-14-26-21(2,3)15-19)27(24,25)20-11-9-18(22)10-12-20/h4-12,16,19H,13-15H2,1-3H3. The third kappa shape index (κ3) is 4.39. The molecule has 3 rings (SSSR count). The smallest absolute Gasteiger partial charge is 0.243 e. The Labute approximate surface area is 161 Å². The van der Waals surface area contributed by atoms with Crippen molar-refractivity contribution in [3.8, 4) is 0 Å². The normalized spacial score (nSPS) is 21.1. The van der Waals surface area contributed by atoms with Gasteiger partial charge in [0.1, 0.15) is 5.82 Å². The van der Waals surface area contributed by atoms with E-state index in [1.807, 2.05) is 51.1 Å². The van der Waals surface area contributed by atoms with E-state index in [9.17, 15) is 12.8 Å². The fraction of sp³-hybridized carbons (Fsp3) is 0.429. The van der Waals surface area contributed by atoms with Gasteiger partial charge in [-0.25, -0.2) is 12.8 Å². The molecule has 0 N–H and O–H groups in total. The Bertz CT molecular complexity index is 866. The Morgan fingerprint density at radius 2 is 1.74 bits per heavy atom. The number of sulfonamides is 1. The molecule has 2 aromatic rings. The van der Waals surface area contributed by atoms with Gasteiger partial charge in [-0.05, 0) is 63.4 Å². The molecule has 0 bridgehead atoms. The molecule has 1 aliphatic rings. The first-order valence-electron chi connectivity index (χ1n) is 9.19. The van der Waals surface area contributed by atoms with Gasteiger partial charge in [-0.3, -0.25) is 0 Å². The van der Waals surface area contributed by atoms with Crippen LogP contribution in [0, 0.1) is 5.82 Å². The van der Waals surface area contributed by atoms with Crippen LogP contribution in [0.1, 0.15) is 45.2 Å². The van der Waals surface area contributed by atoms with Gasteiger partial charge >= 0.3 is 0 Å². The molecule has 2 atom stereocenters. The summed E-state index contributed by atoms with van der Waals surface area (Å²) in [7, 11) is -3.80. The van der Waals surface area contributed by atoms with Crippen molar-refractivity contribution < 1.29 is 17.5 Å². The lowest BCUT2D eigenvalue weighted by atomic mass is 9.93. The predicted molar refractivity (Wildman–Crippen MR) is 103 cm³/mol. The van der Waals surface area contributed by atoms with Crippen LogP contribution in [0.5, 0.6) is 0 Å². The topological polar surface area (TPSA) is 46.6 Å². The average molecular weight is 392 g/mol. The van der Waals surface area contributed by atoms with Crippen molar-refractivity contribution in [2.24, 2.45) is 0 Å². The minimum absolute atomic E-state index is 0.107. The molecule has 0 radical (unpaired) electrons. The zero-order valence-corrected chi connectivity index (χ0v) is 16.7. The third-order valence-corrected chi connectivity index (χ3v) is 7.12. The number of hydrogen-bond donors (Lipinski definition) is 0. The van der Waals surface area contributed by atoms with Gasteiger partial charge in [0, 0.05) is 18.7 Å². The third-order valence-electron chi connectivity index (χ3n) is 5.08. The van der Waals surface area contributed by atoms with Gasteiger partial charge in [0.05, 0.1) is 10.5 Å². The molecule has 2 unspecified atom stereocenters. The molecular formula is C21H26FNO3S. The van der Waals surface area contributed by atoms with Crippen LogP contribution < -0.4 is 0 Å². The van der Waals surface area contributed by atoms with E-state index in [-0.39, 0.29) is 17.0 Å². The van der Waals surface area contributed by atoms with E-state index in [0.717, 1.165) is 5.56 Å². The van der Waals surface area contributed by atoms with E-state index in [0.29, 0.717) is 19.4 Å². The first-order valence-corrected chi connectivity index (χ1v) is 10.6. The van der Waals surface area contributed by atoms with Gasteiger partial charge in [0.2, 0.25) is 10.0 Å². The van der Waals surface area contributed by atoms with Crippen molar-refractivity contribution in [1.29, 1.82) is 0 Å². The minimum Gasteiger partial charge on any atom is -0.375 e. The van der Waals surface area contributed by atoms with Crippen molar-refractivity contribution >= 4 is 10.0 Å². The number of nitrogens with zero attached hydrogens (tertiary/aromatic N) is 1. The Morgan fingerprint density at radius 3 is 2.33 bits per heavy atom. The summed E-state index contributed by atoms with van der Waals surface area (Å²) in [5, 5.41) is 0. The quantitative estimate of drug-likeness (QED) is 0.752. The van der Waals surface area contributed by atoms with Crippen LogP contribution in [0.4, 0.5) is 4.39 Å². The van der Waals surface area contributed by atoms with Crippen LogP contribution >= 0.6 is 0 Å². The fourth-order valence-electron chi connectivity index (χ4n) is 3.74. The van der Waals surface area contributed by atoms with Crippen molar-refractivity contribution in [3.05, 3.63) is 66.0 Å². The molecule has 4 nitrogen and oxygen atoms in total. The molecule has 0 saturated carbocycles. The number of ether oxygens (including phenoxy) is 1. The van der Waals surface area contributed by atoms with Crippen LogP contribution in [-0.4, -0.2) is 31.0 Å². The molecule has 0 aliphatic carbocycles. The second kappa shape index (κ2) is 7.70.